The number of methoxy groups -OCH3 is 1. The van der Waals surface area contributed by atoms with E-state index in [2.05, 4.69) is 21.9 Å². The molecule has 0 aliphatic carbocycles. The Morgan fingerprint density at radius 2 is 1.81 bits per heavy atom. The quantitative estimate of drug-likeness (QED) is 0.780. The molecule has 0 spiro atoms. The van der Waals surface area contributed by atoms with Crippen molar-refractivity contribution < 1.29 is 4.74 Å². The number of para-hydroxylation sites is 1. The molecule has 2 rings (SSSR count). The Morgan fingerprint density at radius 1 is 1.05 bits per heavy atom. The average Bonchev–Trinajstić information content (AvgIpc) is 2.74. The lowest BCUT2D eigenvalue weighted by Crippen LogP contribution is -2.31. The van der Waals surface area contributed by atoms with Gasteiger partial charge in [-0.05, 0) is 51.5 Å². The van der Waals surface area contributed by atoms with Gasteiger partial charge in [0, 0.05) is 25.2 Å². The van der Waals surface area contributed by atoms with E-state index in [1.54, 1.807) is 7.11 Å². The molecule has 4 heteroatoms. The second-order valence-electron chi connectivity index (χ2n) is 5.78. The highest BCUT2D eigenvalue weighted by Crippen LogP contribution is 2.20. The van der Waals surface area contributed by atoms with E-state index in [0.29, 0.717) is 0 Å². The third-order valence-corrected chi connectivity index (χ3v) is 4.20. The van der Waals surface area contributed by atoms with Crippen LogP contribution >= 0.6 is 0 Å². The molecule has 4 nitrogen and oxygen atoms in total. The van der Waals surface area contributed by atoms with Gasteiger partial charge in [-0.25, -0.2) is 0 Å². The van der Waals surface area contributed by atoms with E-state index in [4.69, 9.17) is 10.5 Å². The fraction of sp³-hybridized carbons (Fsp3) is 0.647. The molecular formula is C17H29N3O. The standard InChI is InChI=1S/C17H29N3O/c1-21-17-8-3-2-7-16(17)15-20-12-6-11-19(13-14-20)10-5-4-9-18/h2-3,7-8H,4-6,9-15,18H2,1H3. The number of benzene rings is 1. The Balaban J connectivity index is 1.82. The number of nitrogens with two attached hydrogens (primary N) is 1. The van der Waals surface area contributed by atoms with E-state index in [1.807, 2.05) is 12.1 Å². The molecule has 0 atom stereocenters. The fourth-order valence-electron chi connectivity index (χ4n) is 2.96. The number of ether oxygens (including phenoxy) is 1. The van der Waals surface area contributed by atoms with Crippen LogP contribution in [0.1, 0.15) is 24.8 Å². The van der Waals surface area contributed by atoms with Crippen LogP contribution in [0.15, 0.2) is 24.3 Å². The molecule has 0 aromatic heterocycles. The van der Waals surface area contributed by atoms with Gasteiger partial charge in [0.1, 0.15) is 5.75 Å². The summed E-state index contributed by atoms with van der Waals surface area (Å²) in [5.74, 6) is 1.00. The van der Waals surface area contributed by atoms with Gasteiger partial charge in [-0.15, -0.1) is 0 Å². The van der Waals surface area contributed by atoms with Gasteiger partial charge in [0.15, 0.2) is 0 Å². The Bertz CT molecular complexity index is 411. The van der Waals surface area contributed by atoms with Crippen molar-refractivity contribution in [3.8, 4) is 5.75 Å². The topological polar surface area (TPSA) is 41.7 Å². The van der Waals surface area contributed by atoms with Gasteiger partial charge in [-0.1, -0.05) is 18.2 Å². The van der Waals surface area contributed by atoms with Crippen molar-refractivity contribution in [2.75, 3.05) is 46.4 Å². The van der Waals surface area contributed by atoms with Crippen molar-refractivity contribution >= 4 is 0 Å². The number of unbranched alkanes of at least 4 members (excludes halogenated alkanes) is 1. The zero-order chi connectivity index (χ0) is 14.9. The molecule has 0 radical (unpaired) electrons. The summed E-state index contributed by atoms with van der Waals surface area (Å²) < 4.78 is 5.46. The van der Waals surface area contributed by atoms with E-state index in [0.717, 1.165) is 31.8 Å². The van der Waals surface area contributed by atoms with Crippen LogP contribution in [0.3, 0.4) is 0 Å². The molecule has 0 saturated carbocycles. The van der Waals surface area contributed by atoms with E-state index in [1.165, 1.54) is 44.6 Å². The average molecular weight is 291 g/mol. The van der Waals surface area contributed by atoms with Crippen molar-refractivity contribution in [1.29, 1.82) is 0 Å². The fourth-order valence-corrected chi connectivity index (χ4v) is 2.96. The first-order valence-corrected chi connectivity index (χ1v) is 8.10. The lowest BCUT2D eigenvalue weighted by atomic mass is 10.2. The number of hydrogen-bond acceptors (Lipinski definition) is 4. The molecule has 1 fully saturated rings. The Labute approximate surface area is 128 Å². The van der Waals surface area contributed by atoms with Crippen LogP contribution in [0.5, 0.6) is 5.75 Å². The van der Waals surface area contributed by atoms with Crippen molar-refractivity contribution in [2.24, 2.45) is 5.73 Å². The molecule has 1 saturated heterocycles. The molecule has 0 amide bonds. The summed E-state index contributed by atoms with van der Waals surface area (Å²) in [6.07, 6.45) is 3.61. The Hall–Kier alpha value is -1.10. The highest BCUT2D eigenvalue weighted by Gasteiger charge is 2.15. The minimum absolute atomic E-state index is 0.813. The van der Waals surface area contributed by atoms with Crippen LogP contribution < -0.4 is 10.5 Å². The molecule has 1 heterocycles. The molecule has 118 valence electrons. The molecule has 0 unspecified atom stereocenters. The Morgan fingerprint density at radius 3 is 2.62 bits per heavy atom. The maximum atomic E-state index is 5.57. The maximum absolute atomic E-state index is 5.57. The molecule has 1 aliphatic heterocycles. The summed E-state index contributed by atoms with van der Waals surface area (Å²) in [4.78, 5) is 5.12. The predicted molar refractivity (Wildman–Crippen MR) is 87.6 cm³/mol. The summed E-state index contributed by atoms with van der Waals surface area (Å²) in [6, 6.07) is 8.34. The second kappa shape index (κ2) is 9.03. The minimum Gasteiger partial charge on any atom is -0.496 e. The summed E-state index contributed by atoms with van der Waals surface area (Å²) in [5.41, 5.74) is 6.86. The van der Waals surface area contributed by atoms with E-state index < -0.39 is 0 Å². The SMILES string of the molecule is COc1ccccc1CN1CCCN(CCCCN)CC1. The second-order valence-corrected chi connectivity index (χ2v) is 5.78. The predicted octanol–water partition coefficient (Wildman–Crippen LogP) is 1.94. The van der Waals surface area contributed by atoms with Crippen LogP contribution in [0.2, 0.25) is 0 Å². The van der Waals surface area contributed by atoms with Gasteiger partial charge < -0.3 is 15.4 Å². The first-order chi connectivity index (χ1) is 10.3. The zero-order valence-corrected chi connectivity index (χ0v) is 13.3. The van der Waals surface area contributed by atoms with Crippen LogP contribution in [0.4, 0.5) is 0 Å². The van der Waals surface area contributed by atoms with Crippen LogP contribution in [0, 0.1) is 0 Å². The van der Waals surface area contributed by atoms with Crippen LogP contribution in [0.25, 0.3) is 0 Å². The van der Waals surface area contributed by atoms with Gasteiger partial charge in [-0.2, -0.15) is 0 Å². The third-order valence-electron chi connectivity index (χ3n) is 4.20. The van der Waals surface area contributed by atoms with E-state index in [-0.39, 0.29) is 0 Å². The molecule has 21 heavy (non-hydrogen) atoms. The van der Waals surface area contributed by atoms with Gasteiger partial charge in [0.2, 0.25) is 0 Å². The summed E-state index contributed by atoms with van der Waals surface area (Å²) in [6.45, 7) is 7.69. The minimum atomic E-state index is 0.813. The van der Waals surface area contributed by atoms with Crippen molar-refractivity contribution in [3.05, 3.63) is 29.8 Å². The van der Waals surface area contributed by atoms with E-state index >= 15 is 0 Å². The van der Waals surface area contributed by atoms with Crippen LogP contribution in [-0.4, -0.2) is 56.2 Å². The number of nitrogens with zero attached hydrogens (tertiary/aromatic N) is 2. The molecule has 1 aliphatic rings. The third kappa shape index (κ3) is 5.30. The van der Waals surface area contributed by atoms with Crippen molar-refractivity contribution in [2.45, 2.75) is 25.8 Å². The highest BCUT2D eigenvalue weighted by atomic mass is 16.5. The van der Waals surface area contributed by atoms with Crippen LogP contribution in [-0.2, 0) is 6.54 Å². The van der Waals surface area contributed by atoms with Gasteiger partial charge >= 0.3 is 0 Å². The first-order valence-electron chi connectivity index (χ1n) is 8.10. The zero-order valence-electron chi connectivity index (χ0n) is 13.3. The van der Waals surface area contributed by atoms with Gasteiger partial charge in [-0.3, -0.25) is 4.90 Å². The number of rotatable bonds is 7. The summed E-state index contributed by atoms with van der Waals surface area (Å²) in [7, 11) is 1.75. The molecule has 0 bridgehead atoms. The normalized spacial score (nSPS) is 17.6. The summed E-state index contributed by atoms with van der Waals surface area (Å²) in [5, 5.41) is 0. The van der Waals surface area contributed by atoms with Gasteiger partial charge in [0.05, 0.1) is 7.11 Å². The summed E-state index contributed by atoms with van der Waals surface area (Å²) >= 11 is 0. The molecule has 1 aromatic rings. The molecular weight excluding hydrogens is 262 g/mol. The van der Waals surface area contributed by atoms with Gasteiger partial charge in [0.25, 0.3) is 0 Å². The van der Waals surface area contributed by atoms with Crippen molar-refractivity contribution in [1.82, 2.24) is 9.80 Å². The Kier molecular flexibility index (Phi) is 7.00. The maximum Gasteiger partial charge on any atom is 0.123 e. The lowest BCUT2D eigenvalue weighted by molar-refractivity contribution is 0.247. The first kappa shape index (κ1) is 16.3. The lowest BCUT2D eigenvalue weighted by Gasteiger charge is -2.22. The smallest absolute Gasteiger partial charge is 0.123 e. The number of hydrogen-bond donors (Lipinski definition) is 1. The van der Waals surface area contributed by atoms with E-state index in [9.17, 15) is 0 Å². The van der Waals surface area contributed by atoms with Crippen molar-refractivity contribution in [3.63, 3.8) is 0 Å². The highest BCUT2D eigenvalue weighted by molar-refractivity contribution is 5.33. The largest absolute Gasteiger partial charge is 0.496 e. The molecule has 2 N–H and O–H groups in total. The molecule has 1 aromatic carbocycles. The monoisotopic (exact) mass is 291 g/mol.